The second-order valence-electron chi connectivity index (χ2n) is 18.8. The van der Waals surface area contributed by atoms with Gasteiger partial charge in [-0.2, -0.15) is 0 Å². The molecule has 1 aliphatic rings. The predicted octanol–water partition coefficient (Wildman–Crippen LogP) is 13.8. The molecule has 0 amide bonds. The van der Waals surface area contributed by atoms with Crippen LogP contribution in [0.1, 0.15) is 226 Å². The van der Waals surface area contributed by atoms with Crippen molar-refractivity contribution in [3.63, 3.8) is 0 Å². The third kappa shape index (κ3) is 37.6. The molecule has 1 aliphatic heterocycles. The maximum atomic E-state index is 13.1. The lowest BCUT2D eigenvalue weighted by Crippen LogP contribution is -2.61. The molecule has 71 heavy (non-hydrogen) atoms. The fraction of sp³-hybridized carbons (Fsp3) is 0.729. The molecule has 406 valence electrons. The van der Waals surface area contributed by atoms with Gasteiger partial charge in [0.2, 0.25) is 0 Å². The van der Waals surface area contributed by atoms with Crippen LogP contribution in [-0.4, -0.2) is 89.2 Å². The van der Waals surface area contributed by atoms with E-state index >= 15 is 0 Å². The first-order valence-corrected chi connectivity index (χ1v) is 27.9. The Kier molecular flexibility index (Phi) is 43.3. The maximum absolute atomic E-state index is 13.1. The molecule has 0 spiro atoms. The van der Waals surface area contributed by atoms with Gasteiger partial charge in [-0.15, -0.1) is 0 Å². The second-order valence-corrected chi connectivity index (χ2v) is 18.8. The van der Waals surface area contributed by atoms with Crippen molar-refractivity contribution < 1.29 is 58.2 Å². The van der Waals surface area contributed by atoms with Crippen LogP contribution in [0.5, 0.6) is 0 Å². The number of allylic oxidation sites excluding steroid dienone is 12. The number of hydrogen-bond donors (Lipinski definition) is 3. The minimum atomic E-state index is -1.92. The van der Waals surface area contributed by atoms with E-state index in [0.29, 0.717) is 25.7 Å². The van der Waals surface area contributed by atoms with Gasteiger partial charge in [0.15, 0.2) is 24.6 Å². The Morgan fingerprint density at radius 1 is 0.479 bits per heavy atom. The minimum absolute atomic E-state index is 0.00581. The van der Waals surface area contributed by atoms with Gasteiger partial charge >= 0.3 is 23.9 Å². The number of esters is 3. The highest BCUT2D eigenvalue weighted by molar-refractivity contribution is 5.74. The first-order chi connectivity index (χ1) is 34.6. The van der Waals surface area contributed by atoms with E-state index in [4.69, 9.17) is 23.7 Å². The minimum Gasteiger partial charge on any atom is -0.479 e. The maximum Gasteiger partial charge on any atom is 0.335 e. The zero-order chi connectivity index (χ0) is 51.8. The monoisotopic (exact) mass is 999 g/mol. The van der Waals surface area contributed by atoms with E-state index in [2.05, 4.69) is 93.7 Å². The number of rotatable bonds is 46. The van der Waals surface area contributed by atoms with Crippen molar-refractivity contribution in [2.24, 2.45) is 0 Å². The molecule has 12 nitrogen and oxygen atoms in total. The summed E-state index contributed by atoms with van der Waals surface area (Å²) in [5.74, 6) is -3.19. The van der Waals surface area contributed by atoms with Gasteiger partial charge in [-0.1, -0.05) is 190 Å². The summed E-state index contributed by atoms with van der Waals surface area (Å²) in [5.41, 5.74) is 0. The molecule has 0 bridgehead atoms. The second kappa shape index (κ2) is 47.2. The first-order valence-electron chi connectivity index (χ1n) is 27.9. The molecule has 0 radical (unpaired) electrons. The summed E-state index contributed by atoms with van der Waals surface area (Å²) < 4.78 is 28.3. The largest absolute Gasteiger partial charge is 0.479 e. The van der Waals surface area contributed by atoms with Crippen LogP contribution in [0.25, 0.3) is 0 Å². The smallest absolute Gasteiger partial charge is 0.335 e. The quantitative estimate of drug-likeness (QED) is 0.0228. The van der Waals surface area contributed by atoms with E-state index in [1.807, 2.05) is 0 Å². The number of carbonyl (C=O) groups is 4. The van der Waals surface area contributed by atoms with E-state index < -0.39 is 67.3 Å². The highest BCUT2D eigenvalue weighted by atomic mass is 16.7. The molecule has 6 atom stereocenters. The van der Waals surface area contributed by atoms with E-state index in [0.717, 1.165) is 96.3 Å². The first kappa shape index (κ1) is 65.2. The molecule has 0 aliphatic carbocycles. The molecule has 0 aromatic heterocycles. The fourth-order valence-electron chi connectivity index (χ4n) is 7.98. The number of aliphatic carboxylic acids is 1. The van der Waals surface area contributed by atoms with Crippen molar-refractivity contribution in [1.82, 2.24) is 0 Å². The van der Waals surface area contributed by atoms with E-state index in [9.17, 15) is 34.5 Å². The van der Waals surface area contributed by atoms with Gasteiger partial charge in [0.1, 0.15) is 18.8 Å². The molecule has 1 rings (SSSR count). The van der Waals surface area contributed by atoms with Gasteiger partial charge in [0.05, 0.1) is 6.61 Å². The van der Waals surface area contributed by atoms with Crippen LogP contribution in [0.3, 0.4) is 0 Å². The molecular weight excluding hydrogens is 901 g/mol. The molecule has 0 aromatic carbocycles. The zero-order valence-electron chi connectivity index (χ0n) is 44.4. The SMILES string of the molecule is CC/C=C\C/C=C\C/C=C\C/C=C\CCCCC(=O)OC1C(OCC(COC(=O)CCCCCCC/C=C\C/C=C\CCCCC)OC(=O)CCCCCCCCCCCCC)OC(C(=O)O)C(O)C1O. The summed E-state index contributed by atoms with van der Waals surface area (Å²) in [6.07, 6.45) is 46.0. The zero-order valence-corrected chi connectivity index (χ0v) is 44.4. The Morgan fingerprint density at radius 2 is 0.887 bits per heavy atom. The molecule has 6 unspecified atom stereocenters. The summed E-state index contributed by atoms with van der Waals surface area (Å²) in [5, 5.41) is 31.4. The molecule has 1 saturated heterocycles. The van der Waals surface area contributed by atoms with Gasteiger partial charge in [0.25, 0.3) is 0 Å². The summed E-state index contributed by atoms with van der Waals surface area (Å²) in [7, 11) is 0. The number of unbranched alkanes of at least 4 members (excludes halogenated alkanes) is 20. The van der Waals surface area contributed by atoms with Gasteiger partial charge in [-0.05, 0) is 89.9 Å². The molecule has 3 N–H and O–H groups in total. The number of hydrogen-bond acceptors (Lipinski definition) is 11. The van der Waals surface area contributed by atoms with Crippen molar-refractivity contribution in [1.29, 1.82) is 0 Å². The predicted molar refractivity (Wildman–Crippen MR) is 285 cm³/mol. The van der Waals surface area contributed by atoms with Crippen LogP contribution in [0.4, 0.5) is 0 Å². The van der Waals surface area contributed by atoms with Crippen LogP contribution in [-0.2, 0) is 42.9 Å². The van der Waals surface area contributed by atoms with E-state index in [-0.39, 0.29) is 25.9 Å². The molecular formula is C59H98O12. The number of aliphatic hydroxyl groups is 2. The lowest BCUT2D eigenvalue weighted by atomic mass is 9.98. The van der Waals surface area contributed by atoms with Gasteiger partial charge in [-0.3, -0.25) is 14.4 Å². The van der Waals surface area contributed by atoms with Crippen molar-refractivity contribution >= 4 is 23.9 Å². The molecule has 1 fully saturated rings. The van der Waals surface area contributed by atoms with Gasteiger partial charge in [-0.25, -0.2) is 4.79 Å². The van der Waals surface area contributed by atoms with Crippen molar-refractivity contribution in [2.45, 2.75) is 263 Å². The number of ether oxygens (including phenoxy) is 5. The summed E-state index contributed by atoms with van der Waals surface area (Å²) in [6.45, 7) is 5.80. The van der Waals surface area contributed by atoms with Crippen LogP contribution in [0.15, 0.2) is 72.9 Å². The van der Waals surface area contributed by atoms with Crippen molar-refractivity contribution in [3.8, 4) is 0 Å². The Hall–Kier alpha value is -3.84. The Balaban J connectivity index is 2.74. The Morgan fingerprint density at radius 3 is 1.41 bits per heavy atom. The Bertz CT molecular complexity index is 1510. The average Bonchev–Trinajstić information content (AvgIpc) is 3.35. The molecule has 1 heterocycles. The van der Waals surface area contributed by atoms with Crippen molar-refractivity contribution in [2.75, 3.05) is 13.2 Å². The third-order valence-electron chi connectivity index (χ3n) is 12.3. The van der Waals surface area contributed by atoms with Crippen LogP contribution < -0.4 is 0 Å². The Labute approximate surface area is 429 Å². The summed E-state index contributed by atoms with van der Waals surface area (Å²) in [4.78, 5) is 50.9. The molecule has 12 heteroatoms. The number of carboxylic acid groups (broad SMARTS) is 1. The van der Waals surface area contributed by atoms with Crippen LogP contribution in [0.2, 0.25) is 0 Å². The lowest BCUT2D eigenvalue weighted by Gasteiger charge is -2.40. The highest BCUT2D eigenvalue weighted by Crippen LogP contribution is 2.26. The molecule has 0 saturated carbocycles. The van der Waals surface area contributed by atoms with Crippen LogP contribution in [0, 0.1) is 0 Å². The van der Waals surface area contributed by atoms with E-state index in [1.54, 1.807) is 0 Å². The van der Waals surface area contributed by atoms with Crippen molar-refractivity contribution in [3.05, 3.63) is 72.9 Å². The average molecular weight is 999 g/mol. The number of carbonyl (C=O) groups excluding carboxylic acids is 3. The van der Waals surface area contributed by atoms with Crippen LogP contribution >= 0.6 is 0 Å². The summed E-state index contributed by atoms with van der Waals surface area (Å²) >= 11 is 0. The van der Waals surface area contributed by atoms with Gasteiger partial charge < -0.3 is 39.0 Å². The van der Waals surface area contributed by atoms with Gasteiger partial charge in [0, 0.05) is 19.3 Å². The third-order valence-corrected chi connectivity index (χ3v) is 12.3. The topological polar surface area (TPSA) is 175 Å². The lowest BCUT2D eigenvalue weighted by molar-refractivity contribution is -0.301. The fourth-order valence-corrected chi connectivity index (χ4v) is 7.98. The number of aliphatic hydroxyl groups excluding tert-OH is 2. The summed E-state index contributed by atoms with van der Waals surface area (Å²) in [6, 6.07) is 0. The van der Waals surface area contributed by atoms with E-state index in [1.165, 1.54) is 64.2 Å². The molecule has 0 aromatic rings. The highest BCUT2D eigenvalue weighted by Gasteiger charge is 2.50. The standard InChI is InChI=1S/C59H98O12/c1-4-7-10-13-16-19-22-24-26-28-31-33-36-39-42-45-51(60)67-48-50(69-52(61)46-43-40-37-34-30-21-18-15-12-9-6-3)49-68-59-57(55(64)54(63)56(71-59)58(65)66)70-53(62)47-44-41-38-35-32-29-27-25-23-20-17-14-11-8-5-2/h8,11,16-17,19-20,24-27,32,35,50,54-57,59,63-64H,4-7,9-10,12-15,18,21-23,28-31,33-34,36-49H2,1-3H3,(H,65,66)/b11-8-,19-16-,20-17-,26-24-,27-25-,35-32-. The normalized spacial score (nSPS) is 19.0. The number of carboxylic acids is 1.